The van der Waals surface area contributed by atoms with Crippen molar-refractivity contribution in [1.29, 1.82) is 0 Å². The van der Waals surface area contributed by atoms with Crippen LogP contribution < -0.4 is 0 Å². The molecule has 140 valence electrons. The molecule has 2 rings (SSSR count). The van der Waals surface area contributed by atoms with E-state index in [1.807, 2.05) is 0 Å². The molecule has 0 saturated carbocycles. The molecule has 2 aliphatic rings. The van der Waals surface area contributed by atoms with Gasteiger partial charge in [-0.25, -0.2) is 0 Å². The molecule has 0 radical (unpaired) electrons. The van der Waals surface area contributed by atoms with Gasteiger partial charge in [-0.3, -0.25) is 9.69 Å². The van der Waals surface area contributed by atoms with Gasteiger partial charge in [0.2, 0.25) is 5.91 Å². The van der Waals surface area contributed by atoms with Crippen LogP contribution in [0.15, 0.2) is 0 Å². The minimum absolute atomic E-state index is 0.404. The average Bonchev–Trinajstić information content (AvgIpc) is 2.54. The van der Waals surface area contributed by atoms with Crippen molar-refractivity contribution in [2.24, 2.45) is 17.8 Å². The Morgan fingerprint density at radius 3 is 2.04 bits per heavy atom. The molecule has 24 heavy (non-hydrogen) atoms. The highest BCUT2D eigenvalue weighted by Gasteiger charge is 2.26. The van der Waals surface area contributed by atoms with Crippen molar-refractivity contribution < 1.29 is 4.79 Å². The molecule has 1 amide bonds. The summed E-state index contributed by atoms with van der Waals surface area (Å²) < 4.78 is 0. The van der Waals surface area contributed by atoms with Crippen molar-refractivity contribution >= 4 is 5.91 Å². The van der Waals surface area contributed by atoms with Gasteiger partial charge in [0, 0.05) is 39.1 Å². The number of piperidine rings is 1. The second-order valence-electron chi connectivity index (χ2n) is 8.75. The van der Waals surface area contributed by atoms with Crippen LogP contribution in [-0.2, 0) is 4.79 Å². The van der Waals surface area contributed by atoms with Crippen LogP contribution in [0.5, 0.6) is 0 Å². The first kappa shape index (κ1) is 19.7. The summed E-state index contributed by atoms with van der Waals surface area (Å²) in [6.45, 7) is 17.9. The third-order valence-corrected chi connectivity index (χ3v) is 5.54. The fraction of sp³-hybridized carbons (Fsp3) is 0.950. The summed E-state index contributed by atoms with van der Waals surface area (Å²) in [6, 6.07) is 0. The van der Waals surface area contributed by atoms with Crippen molar-refractivity contribution in [1.82, 2.24) is 14.7 Å². The highest BCUT2D eigenvalue weighted by Crippen LogP contribution is 2.22. The summed E-state index contributed by atoms with van der Waals surface area (Å²) in [6.07, 6.45) is 4.45. The quantitative estimate of drug-likeness (QED) is 0.715. The van der Waals surface area contributed by atoms with Gasteiger partial charge >= 0.3 is 0 Å². The molecule has 0 N–H and O–H groups in total. The Kier molecular flexibility index (Phi) is 8.02. The van der Waals surface area contributed by atoms with Crippen LogP contribution in [0, 0.1) is 17.8 Å². The number of carbonyl (C=O) groups is 1. The number of rotatable bonds is 7. The number of piperazine rings is 1. The van der Waals surface area contributed by atoms with Gasteiger partial charge in [-0.15, -0.1) is 0 Å². The monoisotopic (exact) mass is 337 g/mol. The van der Waals surface area contributed by atoms with E-state index in [0.717, 1.165) is 44.4 Å². The van der Waals surface area contributed by atoms with Crippen molar-refractivity contribution in [2.75, 3.05) is 52.4 Å². The maximum Gasteiger partial charge on any atom is 0.222 e. The first-order valence-electron chi connectivity index (χ1n) is 10.2. The van der Waals surface area contributed by atoms with Gasteiger partial charge in [-0.05, 0) is 56.7 Å². The first-order chi connectivity index (χ1) is 11.4. The molecule has 0 atom stereocenters. The zero-order valence-electron chi connectivity index (χ0n) is 16.5. The molecular formula is C20H39N3O. The maximum absolute atomic E-state index is 12.6. The normalized spacial score (nSPS) is 21.8. The Hall–Kier alpha value is -0.610. The topological polar surface area (TPSA) is 26.8 Å². The van der Waals surface area contributed by atoms with Crippen LogP contribution in [0.3, 0.4) is 0 Å². The molecule has 0 aromatic rings. The molecule has 4 nitrogen and oxygen atoms in total. The van der Waals surface area contributed by atoms with E-state index in [9.17, 15) is 4.79 Å². The third-order valence-electron chi connectivity index (χ3n) is 5.54. The minimum atomic E-state index is 0.404. The molecular weight excluding hydrogens is 298 g/mol. The predicted octanol–water partition coefficient (Wildman–Crippen LogP) is 2.93. The van der Waals surface area contributed by atoms with Crippen LogP contribution in [0.4, 0.5) is 0 Å². The number of hydrogen-bond acceptors (Lipinski definition) is 3. The first-order valence-corrected chi connectivity index (χ1v) is 10.2. The molecule has 2 fully saturated rings. The molecule has 2 saturated heterocycles. The number of hydrogen-bond donors (Lipinski definition) is 0. The van der Waals surface area contributed by atoms with Gasteiger partial charge in [-0.2, -0.15) is 0 Å². The molecule has 0 spiro atoms. The molecule has 0 unspecified atom stereocenters. The Morgan fingerprint density at radius 1 is 0.875 bits per heavy atom. The van der Waals surface area contributed by atoms with Gasteiger partial charge in [0.05, 0.1) is 0 Å². The highest BCUT2D eigenvalue weighted by atomic mass is 16.2. The highest BCUT2D eigenvalue weighted by molar-refractivity contribution is 5.76. The summed E-state index contributed by atoms with van der Waals surface area (Å²) >= 11 is 0. The zero-order chi connectivity index (χ0) is 17.5. The second kappa shape index (κ2) is 9.76. The van der Waals surface area contributed by atoms with E-state index in [1.54, 1.807) is 0 Å². The summed E-state index contributed by atoms with van der Waals surface area (Å²) in [5.74, 6) is 2.53. The van der Waals surface area contributed by atoms with Crippen molar-refractivity contribution in [3.05, 3.63) is 0 Å². The van der Waals surface area contributed by atoms with E-state index >= 15 is 0 Å². The number of nitrogens with zero attached hydrogens (tertiary/aromatic N) is 3. The molecule has 2 aliphatic heterocycles. The lowest BCUT2D eigenvalue weighted by atomic mass is 9.92. The van der Waals surface area contributed by atoms with Gasteiger partial charge in [0.15, 0.2) is 0 Å². The largest absolute Gasteiger partial charge is 0.340 e. The molecule has 4 heteroatoms. The van der Waals surface area contributed by atoms with E-state index in [1.165, 1.54) is 45.4 Å². The van der Waals surface area contributed by atoms with Crippen LogP contribution in [0.2, 0.25) is 0 Å². The lowest BCUT2D eigenvalue weighted by molar-refractivity contribution is -0.134. The molecule has 0 bridgehead atoms. The van der Waals surface area contributed by atoms with Crippen molar-refractivity contribution in [3.8, 4) is 0 Å². The van der Waals surface area contributed by atoms with Crippen LogP contribution in [-0.4, -0.2) is 73.0 Å². The Labute approximate surface area is 149 Å². The third kappa shape index (κ3) is 6.72. The van der Waals surface area contributed by atoms with Gasteiger partial charge in [0.1, 0.15) is 0 Å². The van der Waals surface area contributed by atoms with Gasteiger partial charge in [0.25, 0.3) is 0 Å². The van der Waals surface area contributed by atoms with Crippen molar-refractivity contribution in [2.45, 2.75) is 53.4 Å². The summed E-state index contributed by atoms with van der Waals surface area (Å²) in [4.78, 5) is 19.8. The van der Waals surface area contributed by atoms with Crippen molar-refractivity contribution in [3.63, 3.8) is 0 Å². The van der Waals surface area contributed by atoms with Gasteiger partial charge < -0.3 is 9.80 Å². The summed E-state index contributed by atoms with van der Waals surface area (Å²) in [5.41, 5.74) is 0. The smallest absolute Gasteiger partial charge is 0.222 e. The molecule has 0 aromatic heterocycles. The van der Waals surface area contributed by atoms with Gasteiger partial charge in [-0.1, -0.05) is 27.7 Å². The zero-order valence-corrected chi connectivity index (χ0v) is 16.5. The maximum atomic E-state index is 12.6. The molecule has 2 heterocycles. The molecule has 0 aliphatic carbocycles. The fourth-order valence-electron chi connectivity index (χ4n) is 3.93. The number of carbonyl (C=O) groups excluding carboxylic acids is 1. The fourth-order valence-corrected chi connectivity index (χ4v) is 3.93. The second-order valence-corrected chi connectivity index (χ2v) is 8.75. The standard InChI is InChI=1S/C20H39N3O/c1-17(2)5-8-21-11-13-23(14-12-21)20(24)15-19-6-9-22(10-7-19)16-18(3)4/h17-19H,5-16H2,1-4H3. The Balaban J connectivity index is 1.64. The number of likely N-dealkylation sites (tertiary alicyclic amines) is 1. The van der Waals surface area contributed by atoms with E-state index in [0.29, 0.717) is 11.8 Å². The van der Waals surface area contributed by atoms with E-state index in [-0.39, 0.29) is 0 Å². The predicted molar refractivity (Wildman–Crippen MR) is 101 cm³/mol. The molecule has 0 aromatic carbocycles. The Bertz CT molecular complexity index is 367. The summed E-state index contributed by atoms with van der Waals surface area (Å²) in [7, 11) is 0. The van der Waals surface area contributed by atoms with Crippen LogP contribution >= 0.6 is 0 Å². The lowest BCUT2D eigenvalue weighted by Gasteiger charge is -2.37. The van der Waals surface area contributed by atoms with E-state index in [2.05, 4.69) is 42.4 Å². The Morgan fingerprint density at radius 2 is 1.50 bits per heavy atom. The number of amides is 1. The lowest BCUT2D eigenvalue weighted by Crippen LogP contribution is -2.49. The summed E-state index contributed by atoms with van der Waals surface area (Å²) in [5, 5.41) is 0. The van der Waals surface area contributed by atoms with E-state index < -0.39 is 0 Å². The average molecular weight is 338 g/mol. The SMILES string of the molecule is CC(C)CCN1CCN(C(=O)CC2CCN(CC(C)C)CC2)CC1. The van der Waals surface area contributed by atoms with Crippen LogP contribution in [0.1, 0.15) is 53.4 Å². The van der Waals surface area contributed by atoms with E-state index in [4.69, 9.17) is 0 Å². The minimum Gasteiger partial charge on any atom is -0.340 e. The van der Waals surface area contributed by atoms with Crippen LogP contribution in [0.25, 0.3) is 0 Å².